The van der Waals surface area contributed by atoms with Gasteiger partial charge in [-0.15, -0.1) is 0 Å². The highest BCUT2D eigenvalue weighted by atomic mass is 16.1. The van der Waals surface area contributed by atoms with E-state index in [0.717, 1.165) is 24.7 Å². The Morgan fingerprint density at radius 1 is 1.16 bits per heavy atom. The molecule has 2 nitrogen and oxygen atoms in total. The average Bonchev–Trinajstić information content (AvgIpc) is 3.03. The van der Waals surface area contributed by atoms with Gasteiger partial charge in [-0.2, -0.15) is 0 Å². The fraction of sp³-hybridized carbons (Fsp3) is 0.588. The lowest BCUT2D eigenvalue weighted by atomic mass is 10.0. The number of fused-ring (bicyclic) bond motifs is 1. The van der Waals surface area contributed by atoms with Crippen molar-refractivity contribution in [1.82, 2.24) is 5.32 Å². The van der Waals surface area contributed by atoms with Gasteiger partial charge in [0.25, 0.3) is 0 Å². The Labute approximate surface area is 115 Å². The number of hydrogen-bond donors (Lipinski definition) is 1. The molecule has 0 aromatic heterocycles. The van der Waals surface area contributed by atoms with Crippen LogP contribution in [0.1, 0.15) is 50.2 Å². The lowest BCUT2D eigenvalue weighted by molar-refractivity contribution is -0.125. The molecule has 1 N–H and O–H groups in total. The molecule has 2 atom stereocenters. The van der Waals surface area contributed by atoms with Gasteiger partial charge in [0.1, 0.15) is 0 Å². The zero-order valence-electron chi connectivity index (χ0n) is 11.9. The van der Waals surface area contributed by atoms with E-state index >= 15 is 0 Å². The van der Waals surface area contributed by atoms with Crippen LogP contribution in [0.15, 0.2) is 24.3 Å². The summed E-state index contributed by atoms with van der Waals surface area (Å²) < 4.78 is 0. The van der Waals surface area contributed by atoms with Crippen LogP contribution in [0.5, 0.6) is 0 Å². The van der Waals surface area contributed by atoms with E-state index in [-0.39, 0.29) is 5.91 Å². The Morgan fingerprint density at radius 3 is 2.37 bits per heavy atom. The van der Waals surface area contributed by atoms with Crippen molar-refractivity contribution in [2.45, 2.75) is 45.6 Å². The fourth-order valence-corrected chi connectivity index (χ4v) is 3.28. The summed E-state index contributed by atoms with van der Waals surface area (Å²) in [7, 11) is 0. The summed E-state index contributed by atoms with van der Waals surface area (Å²) in [5, 5.41) is 3.09. The van der Waals surface area contributed by atoms with Gasteiger partial charge in [0.2, 0.25) is 5.91 Å². The molecule has 0 heterocycles. The Morgan fingerprint density at radius 2 is 1.79 bits per heavy atom. The summed E-state index contributed by atoms with van der Waals surface area (Å²) >= 11 is 0. The second kappa shape index (κ2) is 4.99. The molecule has 1 amide bonds. The Hall–Kier alpha value is -1.31. The highest BCUT2D eigenvalue weighted by Gasteiger charge is 2.47. The summed E-state index contributed by atoms with van der Waals surface area (Å²) in [5.74, 6) is 2.87. The molecule has 2 saturated carbocycles. The first-order valence-corrected chi connectivity index (χ1v) is 7.50. The molecule has 2 aliphatic carbocycles. The largest absolute Gasteiger partial charge is 0.352 e. The van der Waals surface area contributed by atoms with Gasteiger partial charge >= 0.3 is 0 Å². The molecule has 1 aromatic carbocycles. The van der Waals surface area contributed by atoms with E-state index in [2.05, 4.69) is 43.4 Å². The average molecular weight is 257 g/mol. The third-order valence-corrected chi connectivity index (χ3v) is 4.73. The Balaban J connectivity index is 1.50. The van der Waals surface area contributed by atoms with Crippen molar-refractivity contribution in [3.8, 4) is 0 Å². The highest BCUT2D eigenvalue weighted by Crippen LogP contribution is 2.54. The van der Waals surface area contributed by atoms with Crippen molar-refractivity contribution in [1.29, 1.82) is 0 Å². The second-order valence-electron chi connectivity index (χ2n) is 6.54. The fourth-order valence-electron chi connectivity index (χ4n) is 3.28. The van der Waals surface area contributed by atoms with Crippen molar-refractivity contribution in [3.05, 3.63) is 35.4 Å². The van der Waals surface area contributed by atoms with E-state index in [4.69, 9.17) is 0 Å². The molecule has 0 spiro atoms. The first-order valence-electron chi connectivity index (χ1n) is 7.50. The molecule has 3 rings (SSSR count). The minimum Gasteiger partial charge on any atom is -0.352 e. The van der Waals surface area contributed by atoms with Crippen LogP contribution < -0.4 is 5.32 Å². The zero-order valence-corrected chi connectivity index (χ0v) is 11.9. The number of carbonyl (C=O) groups excluding carboxylic acids is 1. The quantitative estimate of drug-likeness (QED) is 0.879. The number of amides is 1. The molecule has 2 fully saturated rings. The van der Waals surface area contributed by atoms with Gasteiger partial charge < -0.3 is 5.32 Å². The topological polar surface area (TPSA) is 29.1 Å². The molecule has 1 aromatic rings. The van der Waals surface area contributed by atoms with E-state index in [1.807, 2.05) is 0 Å². The van der Waals surface area contributed by atoms with Crippen LogP contribution in [-0.4, -0.2) is 5.91 Å². The van der Waals surface area contributed by atoms with Gasteiger partial charge in [-0.3, -0.25) is 4.79 Å². The van der Waals surface area contributed by atoms with Gasteiger partial charge in [-0.25, -0.2) is 0 Å². The zero-order chi connectivity index (χ0) is 13.4. The number of rotatable bonds is 4. The summed E-state index contributed by atoms with van der Waals surface area (Å²) in [6.07, 6.45) is 3.63. The molecule has 2 unspecified atom stereocenters. The molecule has 19 heavy (non-hydrogen) atoms. The molecule has 0 radical (unpaired) electrons. The third-order valence-electron chi connectivity index (χ3n) is 4.73. The van der Waals surface area contributed by atoms with E-state index in [9.17, 15) is 4.79 Å². The molecule has 0 bridgehead atoms. The van der Waals surface area contributed by atoms with Crippen molar-refractivity contribution in [2.75, 3.05) is 0 Å². The van der Waals surface area contributed by atoms with Crippen LogP contribution in [0, 0.1) is 17.8 Å². The molecule has 2 aliphatic rings. The maximum Gasteiger partial charge on any atom is 0.223 e. The first kappa shape index (κ1) is 12.7. The second-order valence-corrected chi connectivity index (χ2v) is 6.54. The first-order chi connectivity index (χ1) is 9.13. The van der Waals surface area contributed by atoms with Crippen molar-refractivity contribution >= 4 is 5.91 Å². The van der Waals surface area contributed by atoms with Crippen LogP contribution in [-0.2, 0) is 11.3 Å². The predicted molar refractivity (Wildman–Crippen MR) is 76.7 cm³/mol. The van der Waals surface area contributed by atoms with E-state index in [1.165, 1.54) is 17.5 Å². The highest BCUT2D eigenvalue weighted by molar-refractivity contribution is 5.79. The Bertz CT molecular complexity index is 453. The Kier molecular flexibility index (Phi) is 3.34. The molecule has 2 heteroatoms. The van der Waals surface area contributed by atoms with Gasteiger partial charge in [0.15, 0.2) is 0 Å². The van der Waals surface area contributed by atoms with Crippen LogP contribution in [0.3, 0.4) is 0 Å². The minimum absolute atomic E-state index is 0.264. The standard InChI is InChI=1S/C17H23NO/c1-11(2)13-5-3-12(4-6-13)10-18-17(19)16-8-14-7-15(14)9-16/h3-6,11,14-16H,7-10H2,1-2H3,(H,18,19). The van der Waals surface area contributed by atoms with Crippen LogP contribution in [0.4, 0.5) is 0 Å². The lowest BCUT2D eigenvalue weighted by Crippen LogP contribution is -2.29. The van der Waals surface area contributed by atoms with Crippen LogP contribution in [0.2, 0.25) is 0 Å². The number of hydrogen-bond acceptors (Lipinski definition) is 1. The lowest BCUT2D eigenvalue weighted by Gasteiger charge is -2.13. The molecule has 0 saturated heterocycles. The SMILES string of the molecule is CC(C)c1ccc(CNC(=O)C2CC3CC3C2)cc1. The van der Waals surface area contributed by atoms with Gasteiger partial charge in [0.05, 0.1) is 0 Å². The van der Waals surface area contributed by atoms with E-state index in [0.29, 0.717) is 18.4 Å². The van der Waals surface area contributed by atoms with Gasteiger partial charge in [0, 0.05) is 12.5 Å². The number of benzene rings is 1. The molecular formula is C17H23NO. The van der Waals surface area contributed by atoms with Crippen LogP contribution >= 0.6 is 0 Å². The summed E-state index contributed by atoms with van der Waals surface area (Å²) in [6, 6.07) is 8.58. The van der Waals surface area contributed by atoms with Crippen molar-refractivity contribution in [2.24, 2.45) is 17.8 Å². The number of nitrogens with one attached hydrogen (secondary N) is 1. The maximum absolute atomic E-state index is 12.0. The van der Waals surface area contributed by atoms with Crippen molar-refractivity contribution in [3.63, 3.8) is 0 Å². The predicted octanol–water partition coefficient (Wildman–Crippen LogP) is 3.47. The third kappa shape index (κ3) is 2.83. The summed E-state index contributed by atoms with van der Waals surface area (Å²) in [6.45, 7) is 5.06. The van der Waals surface area contributed by atoms with Gasteiger partial charge in [-0.05, 0) is 48.1 Å². The minimum atomic E-state index is 0.264. The molecule has 102 valence electrons. The van der Waals surface area contributed by atoms with Crippen LogP contribution in [0.25, 0.3) is 0 Å². The summed E-state index contributed by atoms with van der Waals surface area (Å²) in [5.41, 5.74) is 2.55. The normalized spacial score (nSPS) is 28.3. The maximum atomic E-state index is 12.0. The summed E-state index contributed by atoms with van der Waals surface area (Å²) in [4.78, 5) is 12.0. The molecular weight excluding hydrogens is 234 g/mol. The molecule has 0 aliphatic heterocycles. The van der Waals surface area contributed by atoms with Crippen molar-refractivity contribution < 1.29 is 4.79 Å². The smallest absolute Gasteiger partial charge is 0.223 e. The van der Waals surface area contributed by atoms with Gasteiger partial charge in [-0.1, -0.05) is 38.1 Å². The van der Waals surface area contributed by atoms with E-state index in [1.54, 1.807) is 0 Å². The van der Waals surface area contributed by atoms with E-state index < -0.39 is 0 Å². The monoisotopic (exact) mass is 257 g/mol. The number of carbonyl (C=O) groups is 1.